The first-order valence-electron chi connectivity index (χ1n) is 9.04. The fraction of sp³-hybridized carbons (Fsp3) is 0.182. The average molecular weight is 439 g/mol. The van der Waals surface area contributed by atoms with Crippen LogP contribution in [-0.4, -0.2) is 19.9 Å². The molecule has 4 nitrogen and oxygen atoms in total. The van der Waals surface area contributed by atoms with E-state index in [0.717, 1.165) is 32.6 Å². The summed E-state index contributed by atoms with van der Waals surface area (Å²) in [6, 6.07) is 14.0. The van der Waals surface area contributed by atoms with Crippen molar-refractivity contribution in [3.8, 4) is 22.4 Å². The summed E-state index contributed by atoms with van der Waals surface area (Å²) >= 11 is 9.14. The first kappa shape index (κ1) is 19.8. The van der Waals surface area contributed by atoms with Crippen molar-refractivity contribution in [2.45, 2.75) is 31.2 Å². The Bertz CT molecular complexity index is 1190. The van der Waals surface area contributed by atoms with Crippen LogP contribution in [0.1, 0.15) is 26.5 Å². The second kappa shape index (κ2) is 8.11. The highest BCUT2D eigenvalue weighted by Gasteiger charge is 2.20. The number of aromatic nitrogens is 3. The summed E-state index contributed by atoms with van der Waals surface area (Å²) in [4.78, 5) is 11.0. The predicted octanol–water partition coefficient (Wildman–Crippen LogP) is 6.42. The van der Waals surface area contributed by atoms with Gasteiger partial charge in [0.15, 0.2) is 4.96 Å². The largest absolute Gasteiger partial charge is 0.365 e. The molecule has 0 saturated carbocycles. The molecule has 7 heteroatoms. The molecule has 4 aromatic rings. The van der Waals surface area contributed by atoms with Crippen LogP contribution in [0.5, 0.6) is 0 Å². The molecule has 0 saturated heterocycles. The van der Waals surface area contributed by atoms with Crippen LogP contribution in [0.25, 0.3) is 16.2 Å². The number of imidazole rings is 1. The number of nitrogens with one attached hydrogen (secondary N) is 1. The second-order valence-corrected chi connectivity index (χ2v) is 9.96. The van der Waals surface area contributed by atoms with Gasteiger partial charge in [0.05, 0.1) is 0 Å². The van der Waals surface area contributed by atoms with E-state index in [1.54, 1.807) is 6.20 Å². The molecule has 0 atom stereocenters. The number of pyridine rings is 1. The zero-order valence-electron chi connectivity index (χ0n) is 16.2. The minimum atomic E-state index is -0.101. The molecule has 0 bridgehead atoms. The molecule has 4 rings (SSSR count). The molecule has 146 valence electrons. The van der Waals surface area contributed by atoms with Crippen molar-refractivity contribution in [1.82, 2.24) is 14.4 Å². The summed E-state index contributed by atoms with van der Waals surface area (Å²) in [6.45, 7) is 6.39. The first-order chi connectivity index (χ1) is 13.9. The molecule has 3 heterocycles. The highest BCUT2D eigenvalue weighted by Crippen LogP contribution is 2.35. The topological polar surface area (TPSA) is 42.2 Å². The summed E-state index contributed by atoms with van der Waals surface area (Å²) in [5, 5.41) is 6.67. The van der Waals surface area contributed by atoms with Crippen molar-refractivity contribution in [3.05, 3.63) is 64.9 Å². The molecule has 0 aliphatic carbocycles. The monoisotopic (exact) mass is 438 g/mol. The molecular formula is C22H19ClN4S2. The van der Waals surface area contributed by atoms with Crippen LogP contribution in [0.3, 0.4) is 0 Å². The minimum Gasteiger partial charge on any atom is -0.365 e. The Hall–Kier alpha value is -2.46. The van der Waals surface area contributed by atoms with Crippen LogP contribution in [0.2, 0.25) is 4.34 Å². The lowest BCUT2D eigenvalue weighted by Crippen LogP contribution is -2.27. The summed E-state index contributed by atoms with van der Waals surface area (Å²) in [5.41, 5.74) is 2.63. The number of anilines is 1. The smallest absolute Gasteiger partial charge is 0.197 e. The predicted molar refractivity (Wildman–Crippen MR) is 124 cm³/mol. The Morgan fingerprint density at radius 1 is 1.14 bits per heavy atom. The zero-order valence-corrected chi connectivity index (χ0v) is 18.6. The molecular weight excluding hydrogens is 420 g/mol. The molecule has 0 fully saturated rings. The van der Waals surface area contributed by atoms with E-state index in [4.69, 9.17) is 16.6 Å². The number of thioether (sulfide) groups is 1. The van der Waals surface area contributed by atoms with E-state index in [0.29, 0.717) is 4.34 Å². The van der Waals surface area contributed by atoms with Crippen LogP contribution in [0.4, 0.5) is 5.82 Å². The normalized spacial score (nSPS) is 11.3. The third-order valence-corrected chi connectivity index (χ3v) is 5.74. The lowest BCUT2D eigenvalue weighted by Gasteiger charge is -2.22. The third kappa shape index (κ3) is 4.76. The van der Waals surface area contributed by atoms with Gasteiger partial charge in [-0.1, -0.05) is 41.1 Å². The van der Waals surface area contributed by atoms with Crippen molar-refractivity contribution >= 4 is 45.5 Å². The van der Waals surface area contributed by atoms with Gasteiger partial charge >= 0.3 is 0 Å². The molecule has 1 N–H and O–H groups in total. The van der Waals surface area contributed by atoms with Crippen LogP contribution < -0.4 is 5.32 Å². The van der Waals surface area contributed by atoms with Gasteiger partial charge in [-0.3, -0.25) is 4.40 Å². The molecule has 0 spiro atoms. The maximum Gasteiger partial charge on any atom is 0.197 e. The van der Waals surface area contributed by atoms with E-state index in [9.17, 15) is 0 Å². The molecule has 0 aliphatic rings. The van der Waals surface area contributed by atoms with E-state index in [1.165, 1.54) is 23.1 Å². The first-order valence-corrected chi connectivity index (χ1v) is 11.0. The maximum absolute atomic E-state index is 6.19. The van der Waals surface area contributed by atoms with Gasteiger partial charge in [-0.15, -0.1) is 0 Å². The Labute approximate surface area is 183 Å². The average Bonchev–Trinajstić information content (AvgIpc) is 3.19. The Balaban J connectivity index is 1.60. The van der Waals surface area contributed by atoms with Crippen molar-refractivity contribution in [2.24, 2.45) is 0 Å². The van der Waals surface area contributed by atoms with Crippen molar-refractivity contribution in [2.75, 3.05) is 5.32 Å². The third-order valence-electron chi connectivity index (χ3n) is 3.93. The molecule has 29 heavy (non-hydrogen) atoms. The summed E-state index contributed by atoms with van der Waals surface area (Å²) in [6.07, 6.45) is 3.65. The van der Waals surface area contributed by atoms with Gasteiger partial charge in [-0.05, 0) is 68.0 Å². The second-order valence-electron chi connectivity index (χ2n) is 7.44. The van der Waals surface area contributed by atoms with Gasteiger partial charge in [-0.25, -0.2) is 9.97 Å². The van der Waals surface area contributed by atoms with E-state index in [1.807, 2.05) is 28.8 Å². The number of nitrogens with zero attached hydrogens (tertiary/aromatic N) is 3. The van der Waals surface area contributed by atoms with Crippen molar-refractivity contribution < 1.29 is 0 Å². The molecule has 1 aromatic carbocycles. The fourth-order valence-corrected chi connectivity index (χ4v) is 4.31. The van der Waals surface area contributed by atoms with Gasteiger partial charge < -0.3 is 5.32 Å². The van der Waals surface area contributed by atoms with Gasteiger partial charge in [0.1, 0.15) is 21.5 Å². The SMILES string of the molecule is CC(C)(C)Nc1c(-c2ccc(SC#Cc3ccccn3)cc2)nc2sc(Cl)cn12. The zero-order chi connectivity index (χ0) is 20.4. The van der Waals surface area contributed by atoms with Gasteiger partial charge in [0, 0.05) is 28.4 Å². The van der Waals surface area contributed by atoms with Gasteiger partial charge in [0.25, 0.3) is 0 Å². The quantitative estimate of drug-likeness (QED) is 0.296. The van der Waals surface area contributed by atoms with Crippen LogP contribution in [-0.2, 0) is 0 Å². The summed E-state index contributed by atoms with van der Waals surface area (Å²) in [5.74, 6) is 4.01. The van der Waals surface area contributed by atoms with Gasteiger partial charge in [0.2, 0.25) is 0 Å². The number of hydrogen-bond donors (Lipinski definition) is 1. The highest BCUT2D eigenvalue weighted by atomic mass is 35.5. The molecule has 0 amide bonds. The van der Waals surface area contributed by atoms with E-state index < -0.39 is 0 Å². The van der Waals surface area contributed by atoms with Crippen LogP contribution in [0, 0.1) is 11.2 Å². The summed E-state index contributed by atoms with van der Waals surface area (Å²) in [7, 11) is 0. The Morgan fingerprint density at radius 3 is 2.62 bits per heavy atom. The van der Waals surface area contributed by atoms with Crippen molar-refractivity contribution in [1.29, 1.82) is 0 Å². The lowest BCUT2D eigenvalue weighted by atomic mass is 10.1. The van der Waals surface area contributed by atoms with Gasteiger partial charge in [-0.2, -0.15) is 0 Å². The molecule has 0 aliphatic heterocycles. The Kier molecular flexibility index (Phi) is 5.55. The maximum atomic E-state index is 6.19. The van der Waals surface area contributed by atoms with Crippen LogP contribution >= 0.6 is 34.7 Å². The molecule has 3 aromatic heterocycles. The fourth-order valence-electron chi connectivity index (χ4n) is 2.75. The summed E-state index contributed by atoms with van der Waals surface area (Å²) < 4.78 is 2.74. The minimum absolute atomic E-state index is 0.101. The van der Waals surface area contributed by atoms with Crippen molar-refractivity contribution in [3.63, 3.8) is 0 Å². The van der Waals surface area contributed by atoms with E-state index in [-0.39, 0.29) is 5.54 Å². The number of halogens is 1. The number of thiazole rings is 1. The Morgan fingerprint density at radius 2 is 1.93 bits per heavy atom. The highest BCUT2D eigenvalue weighted by molar-refractivity contribution is 8.04. The van der Waals surface area contributed by atoms with E-state index in [2.05, 4.69) is 66.5 Å². The van der Waals surface area contributed by atoms with E-state index >= 15 is 0 Å². The lowest BCUT2D eigenvalue weighted by molar-refractivity contribution is 0.630. The molecule has 0 radical (unpaired) electrons. The van der Waals surface area contributed by atoms with Crippen LogP contribution in [0.15, 0.2) is 59.8 Å². The number of benzene rings is 1. The molecule has 0 unspecified atom stereocenters. The number of fused-ring (bicyclic) bond motifs is 1. The number of rotatable bonds is 3. The standard InChI is InChI=1S/C22H19ClN4S2/c1-22(2,3)26-20-19(25-21-27(20)14-18(23)29-21)15-7-9-17(10-8-15)28-13-11-16-6-4-5-12-24-16/h4-10,12,14,26H,1-3H3. The number of hydrogen-bond acceptors (Lipinski definition) is 5.